The minimum atomic E-state index is -0.585. The molecule has 0 bridgehead atoms. The van der Waals surface area contributed by atoms with Crippen molar-refractivity contribution in [2.75, 3.05) is 5.32 Å². The molecule has 7 nitrogen and oxygen atoms in total. The molecule has 1 aliphatic heterocycles. The van der Waals surface area contributed by atoms with Gasteiger partial charge in [-0.05, 0) is 42.9 Å². The van der Waals surface area contributed by atoms with Crippen LogP contribution in [0.3, 0.4) is 0 Å². The monoisotopic (exact) mass is 386 g/mol. The molecule has 1 aliphatic rings. The molecule has 1 heterocycles. The van der Waals surface area contributed by atoms with Crippen molar-refractivity contribution in [3.63, 3.8) is 0 Å². The van der Waals surface area contributed by atoms with Crippen LogP contribution in [0.4, 0.5) is 15.8 Å². The molecule has 138 valence electrons. The number of non-ortho nitro benzene ring substituents is 1. The first-order valence-corrected chi connectivity index (χ1v) is 8.35. The summed E-state index contributed by atoms with van der Waals surface area (Å²) in [7, 11) is 0. The molecule has 1 amide bonds. The number of amides is 1. The lowest BCUT2D eigenvalue weighted by atomic mass is 9.95. The zero-order chi connectivity index (χ0) is 19.6. The van der Waals surface area contributed by atoms with E-state index < -0.39 is 22.7 Å². The Kier molecular flexibility index (Phi) is 5.13. The van der Waals surface area contributed by atoms with Gasteiger partial charge in [0, 0.05) is 23.5 Å². The van der Waals surface area contributed by atoms with E-state index in [1.165, 1.54) is 30.3 Å². The summed E-state index contributed by atoms with van der Waals surface area (Å²) in [5.74, 6) is -0.844. The first-order valence-electron chi connectivity index (χ1n) is 7.94. The summed E-state index contributed by atoms with van der Waals surface area (Å²) in [6, 6.07) is 10.8. The van der Waals surface area contributed by atoms with Crippen LogP contribution in [0, 0.1) is 15.9 Å². The third kappa shape index (κ3) is 4.09. The van der Waals surface area contributed by atoms with E-state index in [1.54, 1.807) is 25.1 Å². The molecule has 3 rings (SSSR count). The third-order valence-corrected chi connectivity index (χ3v) is 4.25. The highest BCUT2D eigenvalue weighted by atomic mass is 32.1. The second-order valence-corrected chi connectivity index (χ2v) is 6.29. The van der Waals surface area contributed by atoms with E-state index in [9.17, 15) is 19.3 Å². The van der Waals surface area contributed by atoms with Crippen molar-refractivity contribution in [1.82, 2.24) is 10.6 Å². The van der Waals surface area contributed by atoms with Crippen LogP contribution in [0.1, 0.15) is 18.5 Å². The molecule has 27 heavy (non-hydrogen) atoms. The van der Waals surface area contributed by atoms with E-state index in [0.29, 0.717) is 27.6 Å². The SMILES string of the molecule is CC1=C(C(=O)Nc2cccc([N+](=O)[O-])c2)C(c2ccc(F)cc2)NC(=S)N1. The molecule has 1 atom stereocenters. The van der Waals surface area contributed by atoms with Crippen LogP contribution in [0.5, 0.6) is 0 Å². The topological polar surface area (TPSA) is 96.3 Å². The Morgan fingerprint density at radius 3 is 2.63 bits per heavy atom. The fourth-order valence-electron chi connectivity index (χ4n) is 2.80. The maximum absolute atomic E-state index is 13.2. The average Bonchev–Trinajstić information content (AvgIpc) is 2.61. The minimum Gasteiger partial charge on any atom is -0.351 e. The van der Waals surface area contributed by atoms with Gasteiger partial charge in [0.05, 0.1) is 16.5 Å². The van der Waals surface area contributed by atoms with Gasteiger partial charge in [0.2, 0.25) is 0 Å². The van der Waals surface area contributed by atoms with Crippen LogP contribution in [0.2, 0.25) is 0 Å². The Labute approximate surface area is 159 Å². The first kappa shape index (κ1) is 18.5. The number of nitro benzene ring substituents is 1. The fourth-order valence-corrected chi connectivity index (χ4v) is 3.07. The summed E-state index contributed by atoms with van der Waals surface area (Å²) in [6.45, 7) is 1.70. The summed E-state index contributed by atoms with van der Waals surface area (Å²) in [5.41, 5.74) is 1.71. The average molecular weight is 386 g/mol. The number of benzene rings is 2. The number of carbonyl (C=O) groups excluding carboxylic acids is 1. The fraction of sp³-hybridized carbons (Fsp3) is 0.111. The lowest BCUT2D eigenvalue weighted by molar-refractivity contribution is -0.384. The summed E-state index contributed by atoms with van der Waals surface area (Å²) in [6.07, 6.45) is 0. The number of carbonyl (C=O) groups is 1. The van der Waals surface area contributed by atoms with Gasteiger partial charge in [0.15, 0.2) is 5.11 Å². The number of nitrogens with zero attached hydrogens (tertiary/aromatic N) is 1. The van der Waals surface area contributed by atoms with Crippen molar-refractivity contribution in [3.05, 3.63) is 81.3 Å². The molecule has 2 aromatic carbocycles. The Bertz CT molecular complexity index is 959. The van der Waals surface area contributed by atoms with Crippen LogP contribution < -0.4 is 16.0 Å². The van der Waals surface area contributed by atoms with E-state index in [1.807, 2.05) is 0 Å². The standard InChI is InChI=1S/C18H15FN4O3S/c1-10-15(17(24)21-13-3-2-4-14(9-13)23(25)26)16(22-18(27)20-10)11-5-7-12(19)8-6-11/h2-9,16H,1H3,(H,21,24)(H2,20,22,27). The smallest absolute Gasteiger partial charge is 0.271 e. The van der Waals surface area contributed by atoms with Crippen LogP contribution in [0.25, 0.3) is 0 Å². The zero-order valence-electron chi connectivity index (χ0n) is 14.2. The maximum Gasteiger partial charge on any atom is 0.271 e. The molecular formula is C18H15FN4O3S. The quantitative estimate of drug-likeness (QED) is 0.424. The summed E-state index contributed by atoms with van der Waals surface area (Å²) >= 11 is 5.16. The van der Waals surface area contributed by atoms with Crippen LogP contribution >= 0.6 is 12.2 Å². The second-order valence-electron chi connectivity index (χ2n) is 5.88. The number of hydrogen-bond acceptors (Lipinski definition) is 4. The molecule has 0 aromatic heterocycles. The van der Waals surface area contributed by atoms with E-state index in [4.69, 9.17) is 12.2 Å². The second kappa shape index (κ2) is 7.50. The Morgan fingerprint density at radius 1 is 1.26 bits per heavy atom. The molecule has 0 saturated heterocycles. The van der Waals surface area contributed by atoms with Gasteiger partial charge in [0.25, 0.3) is 11.6 Å². The third-order valence-electron chi connectivity index (χ3n) is 4.03. The zero-order valence-corrected chi connectivity index (χ0v) is 15.0. The summed E-state index contributed by atoms with van der Waals surface area (Å²) in [5, 5.41) is 19.8. The van der Waals surface area contributed by atoms with Gasteiger partial charge in [0.1, 0.15) is 5.82 Å². The van der Waals surface area contributed by atoms with Crippen molar-refractivity contribution in [2.24, 2.45) is 0 Å². The number of anilines is 1. The Morgan fingerprint density at radius 2 is 1.96 bits per heavy atom. The lowest BCUT2D eigenvalue weighted by Gasteiger charge is -2.30. The maximum atomic E-state index is 13.2. The van der Waals surface area contributed by atoms with Crippen molar-refractivity contribution >= 4 is 34.6 Å². The lowest BCUT2D eigenvalue weighted by Crippen LogP contribution is -2.45. The number of halogens is 1. The van der Waals surface area contributed by atoms with Gasteiger partial charge >= 0.3 is 0 Å². The summed E-state index contributed by atoms with van der Waals surface area (Å²) < 4.78 is 13.2. The van der Waals surface area contributed by atoms with Gasteiger partial charge < -0.3 is 16.0 Å². The first-order chi connectivity index (χ1) is 12.8. The molecule has 9 heteroatoms. The van der Waals surface area contributed by atoms with E-state index in [2.05, 4.69) is 16.0 Å². The largest absolute Gasteiger partial charge is 0.351 e. The predicted molar refractivity (Wildman–Crippen MR) is 102 cm³/mol. The number of thiocarbonyl (C=S) groups is 1. The molecule has 0 saturated carbocycles. The highest BCUT2D eigenvalue weighted by molar-refractivity contribution is 7.80. The molecule has 3 N–H and O–H groups in total. The highest BCUT2D eigenvalue weighted by Crippen LogP contribution is 2.28. The van der Waals surface area contributed by atoms with Gasteiger partial charge in [-0.3, -0.25) is 14.9 Å². The van der Waals surface area contributed by atoms with E-state index >= 15 is 0 Å². The molecule has 1 unspecified atom stereocenters. The Balaban J connectivity index is 1.93. The number of nitrogens with one attached hydrogen (secondary N) is 3. The van der Waals surface area contributed by atoms with Gasteiger partial charge in [-0.1, -0.05) is 18.2 Å². The van der Waals surface area contributed by atoms with Crippen LogP contribution in [-0.4, -0.2) is 15.9 Å². The predicted octanol–water partition coefficient (Wildman–Crippen LogP) is 3.17. The minimum absolute atomic E-state index is 0.130. The Hall–Kier alpha value is -3.33. The highest BCUT2D eigenvalue weighted by Gasteiger charge is 2.30. The molecule has 0 fully saturated rings. The molecule has 2 aromatic rings. The van der Waals surface area contributed by atoms with Gasteiger partial charge in [-0.2, -0.15) is 0 Å². The number of allylic oxidation sites excluding steroid dienone is 1. The normalized spacial score (nSPS) is 16.4. The van der Waals surface area contributed by atoms with Crippen molar-refractivity contribution < 1.29 is 14.1 Å². The van der Waals surface area contributed by atoms with Crippen molar-refractivity contribution in [2.45, 2.75) is 13.0 Å². The van der Waals surface area contributed by atoms with Crippen molar-refractivity contribution in [3.8, 4) is 0 Å². The summed E-state index contributed by atoms with van der Waals surface area (Å²) in [4.78, 5) is 23.3. The van der Waals surface area contributed by atoms with Gasteiger partial charge in [-0.25, -0.2) is 4.39 Å². The molecule has 0 spiro atoms. The molecule has 0 radical (unpaired) electrons. The van der Waals surface area contributed by atoms with Crippen molar-refractivity contribution in [1.29, 1.82) is 0 Å². The number of rotatable bonds is 4. The molecular weight excluding hydrogens is 371 g/mol. The van der Waals surface area contributed by atoms with E-state index in [-0.39, 0.29) is 5.69 Å². The number of nitro groups is 1. The van der Waals surface area contributed by atoms with Gasteiger partial charge in [-0.15, -0.1) is 0 Å². The van der Waals surface area contributed by atoms with E-state index in [0.717, 1.165) is 0 Å². The molecule has 0 aliphatic carbocycles. The van der Waals surface area contributed by atoms with Crippen LogP contribution in [-0.2, 0) is 4.79 Å². The number of hydrogen-bond donors (Lipinski definition) is 3. The van der Waals surface area contributed by atoms with Crippen LogP contribution in [0.15, 0.2) is 59.8 Å².